The Kier molecular flexibility index (Phi) is 5.16. The third kappa shape index (κ3) is 3.52. The molecule has 3 aromatic rings. The highest BCUT2D eigenvalue weighted by Gasteiger charge is 2.34. The molecule has 0 fully saturated rings. The maximum absolute atomic E-state index is 13.4. The standard InChI is InChI=1S/C23H21N3O3/c1-3-14-29-20-9-8-16(15-21(20)28-2)22-25-19-7-5-4-6-18(19)23(27)26(22)17-10-12-24-13-11-17/h3-13,15,22,25H,1,14H2,2H3. The predicted molar refractivity (Wildman–Crippen MR) is 113 cm³/mol. The van der Waals surface area contributed by atoms with E-state index >= 15 is 0 Å². The Hall–Kier alpha value is -3.80. The first-order valence-electron chi connectivity index (χ1n) is 9.23. The number of benzene rings is 2. The fourth-order valence-electron chi connectivity index (χ4n) is 3.38. The number of rotatable bonds is 6. The smallest absolute Gasteiger partial charge is 0.262 e. The van der Waals surface area contributed by atoms with Crippen molar-refractivity contribution in [2.75, 3.05) is 23.9 Å². The lowest BCUT2D eigenvalue weighted by molar-refractivity contribution is 0.0975. The summed E-state index contributed by atoms with van der Waals surface area (Å²) >= 11 is 0. The first-order chi connectivity index (χ1) is 14.2. The molecular formula is C23H21N3O3. The van der Waals surface area contributed by atoms with Gasteiger partial charge < -0.3 is 14.8 Å². The zero-order valence-electron chi connectivity index (χ0n) is 16.0. The molecule has 0 bridgehead atoms. The fourth-order valence-corrected chi connectivity index (χ4v) is 3.38. The number of carbonyl (C=O) groups excluding carboxylic acids is 1. The minimum Gasteiger partial charge on any atom is -0.493 e. The van der Waals surface area contributed by atoms with Gasteiger partial charge in [-0.3, -0.25) is 14.7 Å². The minimum absolute atomic E-state index is 0.0819. The van der Waals surface area contributed by atoms with Crippen molar-refractivity contribution in [3.05, 3.63) is 90.8 Å². The Morgan fingerprint density at radius 1 is 1.14 bits per heavy atom. The molecule has 0 saturated carbocycles. The van der Waals surface area contributed by atoms with Gasteiger partial charge in [0.05, 0.1) is 12.7 Å². The van der Waals surface area contributed by atoms with E-state index < -0.39 is 6.17 Å². The van der Waals surface area contributed by atoms with E-state index in [-0.39, 0.29) is 5.91 Å². The maximum atomic E-state index is 13.4. The lowest BCUT2D eigenvalue weighted by Gasteiger charge is -2.38. The number of methoxy groups -OCH3 is 1. The molecule has 0 spiro atoms. The largest absolute Gasteiger partial charge is 0.493 e. The normalized spacial score (nSPS) is 15.3. The molecule has 6 heteroatoms. The Morgan fingerprint density at radius 2 is 1.93 bits per heavy atom. The molecule has 0 radical (unpaired) electrons. The van der Waals surface area contributed by atoms with Gasteiger partial charge in [-0.05, 0) is 42.0 Å². The van der Waals surface area contributed by atoms with E-state index in [0.717, 1.165) is 16.9 Å². The van der Waals surface area contributed by atoms with E-state index in [1.165, 1.54) is 0 Å². The van der Waals surface area contributed by atoms with Gasteiger partial charge in [0.15, 0.2) is 11.5 Å². The molecule has 1 N–H and O–H groups in total. The SMILES string of the molecule is C=CCOc1ccc(C2Nc3ccccc3C(=O)N2c2ccncc2)cc1OC. The Morgan fingerprint density at radius 3 is 2.69 bits per heavy atom. The number of fused-ring (bicyclic) bond motifs is 1. The number of pyridine rings is 1. The lowest BCUT2D eigenvalue weighted by Crippen LogP contribution is -2.43. The van der Waals surface area contributed by atoms with E-state index in [1.54, 1.807) is 30.5 Å². The van der Waals surface area contributed by atoms with E-state index in [2.05, 4.69) is 16.9 Å². The van der Waals surface area contributed by atoms with Crippen LogP contribution < -0.4 is 19.7 Å². The predicted octanol–water partition coefficient (Wildman–Crippen LogP) is 4.43. The number of nitrogens with one attached hydrogen (secondary N) is 1. The van der Waals surface area contributed by atoms with Gasteiger partial charge in [0.25, 0.3) is 5.91 Å². The topological polar surface area (TPSA) is 63.7 Å². The van der Waals surface area contributed by atoms with Crippen LogP contribution in [0.2, 0.25) is 0 Å². The molecule has 2 aromatic carbocycles. The first-order valence-corrected chi connectivity index (χ1v) is 9.23. The number of para-hydroxylation sites is 1. The molecule has 1 aliphatic heterocycles. The number of aromatic nitrogens is 1. The highest BCUT2D eigenvalue weighted by Crippen LogP contribution is 2.39. The summed E-state index contributed by atoms with van der Waals surface area (Å²) in [6, 6.07) is 16.8. The second kappa shape index (κ2) is 8.06. The Bertz CT molecular complexity index is 1040. The molecule has 1 unspecified atom stereocenters. The van der Waals surface area contributed by atoms with Crippen LogP contribution in [0.25, 0.3) is 0 Å². The van der Waals surface area contributed by atoms with Crippen LogP contribution in [0.15, 0.2) is 79.6 Å². The molecular weight excluding hydrogens is 366 g/mol. The zero-order valence-corrected chi connectivity index (χ0v) is 16.0. The van der Waals surface area contributed by atoms with Gasteiger partial charge in [-0.25, -0.2) is 0 Å². The van der Waals surface area contributed by atoms with Gasteiger partial charge in [-0.2, -0.15) is 0 Å². The average molecular weight is 387 g/mol. The molecule has 0 saturated heterocycles. The van der Waals surface area contributed by atoms with E-state index in [4.69, 9.17) is 9.47 Å². The summed E-state index contributed by atoms with van der Waals surface area (Å²) in [5, 5.41) is 3.48. The molecule has 2 heterocycles. The third-order valence-corrected chi connectivity index (χ3v) is 4.73. The number of hydrogen-bond acceptors (Lipinski definition) is 5. The van der Waals surface area contributed by atoms with Crippen molar-refractivity contribution in [2.45, 2.75) is 6.17 Å². The van der Waals surface area contributed by atoms with Crippen LogP contribution in [0, 0.1) is 0 Å². The summed E-state index contributed by atoms with van der Waals surface area (Å²) in [6.07, 6.45) is 4.61. The van der Waals surface area contributed by atoms with E-state index in [1.807, 2.05) is 54.6 Å². The fraction of sp³-hybridized carbons (Fsp3) is 0.130. The summed E-state index contributed by atoms with van der Waals surface area (Å²) in [5.41, 5.74) is 3.03. The molecule has 4 rings (SSSR count). The number of anilines is 2. The van der Waals surface area contributed by atoms with Gasteiger partial charge in [0.1, 0.15) is 12.8 Å². The van der Waals surface area contributed by atoms with Gasteiger partial charge in [0.2, 0.25) is 0 Å². The van der Waals surface area contributed by atoms with Crippen molar-refractivity contribution in [1.82, 2.24) is 4.98 Å². The van der Waals surface area contributed by atoms with E-state index in [9.17, 15) is 4.79 Å². The van der Waals surface area contributed by atoms with Crippen molar-refractivity contribution in [1.29, 1.82) is 0 Å². The van der Waals surface area contributed by atoms with Gasteiger partial charge in [0, 0.05) is 23.8 Å². The van der Waals surface area contributed by atoms with Crippen LogP contribution in [0.1, 0.15) is 22.1 Å². The number of ether oxygens (including phenoxy) is 2. The molecule has 1 aromatic heterocycles. The summed E-state index contributed by atoms with van der Waals surface area (Å²) in [7, 11) is 1.59. The number of carbonyl (C=O) groups is 1. The molecule has 6 nitrogen and oxygen atoms in total. The highest BCUT2D eigenvalue weighted by atomic mass is 16.5. The van der Waals surface area contributed by atoms with Crippen LogP contribution in [-0.2, 0) is 0 Å². The molecule has 1 aliphatic rings. The third-order valence-electron chi connectivity index (χ3n) is 4.73. The monoisotopic (exact) mass is 387 g/mol. The van der Waals surface area contributed by atoms with Crippen LogP contribution >= 0.6 is 0 Å². The highest BCUT2D eigenvalue weighted by molar-refractivity contribution is 6.12. The summed E-state index contributed by atoms with van der Waals surface area (Å²) in [4.78, 5) is 19.2. The molecule has 146 valence electrons. The molecule has 29 heavy (non-hydrogen) atoms. The number of hydrogen-bond donors (Lipinski definition) is 1. The van der Waals surface area contributed by atoms with Crippen molar-refractivity contribution in [3.8, 4) is 11.5 Å². The lowest BCUT2D eigenvalue weighted by atomic mass is 10.0. The van der Waals surface area contributed by atoms with Crippen molar-refractivity contribution >= 4 is 17.3 Å². The van der Waals surface area contributed by atoms with Crippen LogP contribution in [0.3, 0.4) is 0 Å². The second-order valence-corrected chi connectivity index (χ2v) is 6.48. The Labute approximate surface area is 169 Å². The summed E-state index contributed by atoms with van der Waals surface area (Å²) < 4.78 is 11.2. The minimum atomic E-state index is -0.415. The molecule has 1 amide bonds. The van der Waals surface area contributed by atoms with Crippen molar-refractivity contribution in [3.63, 3.8) is 0 Å². The summed E-state index contributed by atoms with van der Waals surface area (Å²) in [6.45, 7) is 4.05. The van der Waals surface area contributed by atoms with Gasteiger partial charge in [-0.1, -0.05) is 30.9 Å². The van der Waals surface area contributed by atoms with Crippen LogP contribution in [0.4, 0.5) is 11.4 Å². The van der Waals surface area contributed by atoms with Gasteiger partial charge >= 0.3 is 0 Å². The zero-order chi connectivity index (χ0) is 20.2. The van der Waals surface area contributed by atoms with E-state index in [0.29, 0.717) is 23.7 Å². The number of nitrogens with zero attached hydrogens (tertiary/aromatic N) is 2. The quantitative estimate of drug-likeness (QED) is 0.634. The average Bonchev–Trinajstić information content (AvgIpc) is 2.78. The molecule has 0 aliphatic carbocycles. The first kappa shape index (κ1) is 18.6. The van der Waals surface area contributed by atoms with Crippen LogP contribution in [-0.4, -0.2) is 24.6 Å². The molecule has 1 atom stereocenters. The maximum Gasteiger partial charge on any atom is 0.262 e. The summed E-state index contributed by atoms with van der Waals surface area (Å²) in [5.74, 6) is 1.13. The van der Waals surface area contributed by atoms with Crippen molar-refractivity contribution in [2.24, 2.45) is 0 Å². The second-order valence-electron chi connectivity index (χ2n) is 6.48. The van der Waals surface area contributed by atoms with Gasteiger partial charge in [-0.15, -0.1) is 0 Å². The van der Waals surface area contributed by atoms with Crippen LogP contribution in [0.5, 0.6) is 11.5 Å². The Balaban J connectivity index is 1.80. The van der Waals surface area contributed by atoms with Crippen molar-refractivity contribution < 1.29 is 14.3 Å². The number of amides is 1.